The number of aliphatic hydroxyl groups is 1. The molecule has 1 amide bonds. The molecule has 22 heavy (non-hydrogen) atoms. The first-order valence-corrected chi connectivity index (χ1v) is 8.77. The lowest BCUT2D eigenvalue weighted by atomic mass is 9.69. The maximum Gasteiger partial charge on any atom is 0.410 e. The van der Waals surface area contributed by atoms with Crippen LogP contribution >= 0.6 is 11.8 Å². The van der Waals surface area contributed by atoms with Gasteiger partial charge in [-0.2, -0.15) is 11.8 Å². The highest BCUT2D eigenvalue weighted by molar-refractivity contribution is 7.99. The van der Waals surface area contributed by atoms with Crippen molar-refractivity contribution in [2.24, 2.45) is 5.41 Å². The molecule has 2 unspecified atom stereocenters. The van der Waals surface area contributed by atoms with Gasteiger partial charge in [0.1, 0.15) is 11.0 Å². The molecule has 0 aromatic heterocycles. The van der Waals surface area contributed by atoms with Gasteiger partial charge in [-0.15, -0.1) is 0 Å². The number of aliphatic carboxylic acids is 1. The maximum atomic E-state index is 12.2. The SMILES string of the molecule is CC(C)(C)OC(=O)N1CCC(C(=O)O)(C2(O)CCCSC2)C1. The van der Waals surface area contributed by atoms with Gasteiger partial charge in [0, 0.05) is 18.8 Å². The molecule has 0 aromatic carbocycles. The number of amides is 1. The number of thioether (sulfide) groups is 1. The van der Waals surface area contributed by atoms with Crippen LogP contribution in [0, 0.1) is 5.41 Å². The molecular formula is C15H25NO5S. The van der Waals surface area contributed by atoms with Crippen LogP contribution in [0.1, 0.15) is 40.0 Å². The summed E-state index contributed by atoms with van der Waals surface area (Å²) in [5, 5.41) is 20.7. The molecular weight excluding hydrogens is 306 g/mol. The number of carboxylic acids is 1. The van der Waals surface area contributed by atoms with Crippen molar-refractivity contribution < 1.29 is 24.5 Å². The Hall–Kier alpha value is -0.950. The number of rotatable bonds is 2. The van der Waals surface area contributed by atoms with Gasteiger partial charge in [-0.25, -0.2) is 4.79 Å². The number of carbonyl (C=O) groups is 2. The van der Waals surface area contributed by atoms with E-state index in [2.05, 4.69) is 0 Å². The number of carboxylic acid groups (broad SMARTS) is 1. The number of carbonyl (C=O) groups excluding carboxylic acids is 1. The van der Waals surface area contributed by atoms with Crippen molar-refractivity contribution >= 4 is 23.8 Å². The summed E-state index contributed by atoms with van der Waals surface area (Å²) < 4.78 is 5.32. The van der Waals surface area contributed by atoms with Crippen LogP contribution < -0.4 is 0 Å². The lowest BCUT2D eigenvalue weighted by Crippen LogP contribution is -2.58. The monoisotopic (exact) mass is 331 g/mol. The number of likely N-dealkylation sites (tertiary alicyclic amines) is 1. The number of hydrogen-bond acceptors (Lipinski definition) is 5. The third-order valence-electron chi connectivity index (χ3n) is 4.44. The summed E-state index contributed by atoms with van der Waals surface area (Å²) in [6.45, 7) is 5.63. The zero-order valence-corrected chi connectivity index (χ0v) is 14.2. The van der Waals surface area contributed by atoms with E-state index in [1.165, 1.54) is 4.90 Å². The Bertz CT molecular complexity index is 455. The Morgan fingerprint density at radius 3 is 2.45 bits per heavy atom. The average Bonchev–Trinajstić information content (AvgIpc) is 2.84. The summed E-state index contributed by atoms with van der Waals surface area (Å²) in [6, 6.07) is 0. The van der Waals surface area contributed by atoms with E-state index in [1.807, 2.05) is 0 Å². The van der Waals surface area contributed by atoms with E-state index < -0.39 is 28.7 Å². The Morgan fingerprint density at radius 2 is 1.95 bits per heavy atom. The first kappa shape index (κ1) is 17.4. The van der Waals surface area contributed by atoms with Crippen LogP contribution in [-0.4, -0.2) is 63.0 Å². The smallest absolute Gasteiger partial charge is 0.410 e. The van der Waals surface area contributed by atoms with E-state index >= 15 is 0 Å². The van der Waals surface area contributed by atoms with Crippen molar-refractivity contribution in [2.45, 2.75) is 51.2 Å². The molecule has 7 heteroatoms. The molecule has 0 saturated carbocycles. The highest BCUT2D eigenvalue weighted by atomic mass is 32.2. The minimum absolute atomic E-state index is 0.00824. The fraction of sp³-hybridized carbons (Fsp3) is 0.867. The van der Waals surface area contributed by atoms with Gasteiger partial charge in [0.25, 0.3) is 0 Å². The third-order valence-corrected chi connectivity index (χ3v) is 5.70. The van der Waals surface area contributed by atoms with Crippen LogP contribution in [0.5, 0.6) is 0 Å². The Balaban J connectivity index is 2.18. The summed E-state index contributed by atoms with van der Waals surface area (Å²) in [7, 11) is 0. The van der Waals surface area contributed by atoms with Gasteiger partial charge < -0.3 is 19.8 Å². The highest BCUT2D eigenvalue weighted by Gasteiger charge is 2.60. The van der Waals surface area contributed by atoms with Gasteiger partial charge in [-0.3, -0.25) is 4.79 Å². The molecule has 2 N–H and O–H groups in total. The number of ether oxygens (including phenoxy) is 1. The molecule has 0 aliphatic carbocycles. The predicted octanol–water partition coefficient (Wildman–Crippen LogP) is 1.96. The van der Waals surface area contributed by atoms with Crippen molar-refractivity contribution in [1.82, 2.24) is 4.90 Å². The van der Waals surface area contributed by atoms with E-state index in [0.717, 1.165) is 12.2 Å². The zero-order chi connectivity index (χ0) is 16.6. The predicted molar refractivity (Wildman–Crippen MR) is 84.0 cm³/mol. The average molecular weight is 331 g/mol. The molecule has 2 rings (SSSR count). The number of nitrogens with zero attached hydrogens (tertiary/aromatic N) is 1. The van der Waals surface area contributed by atoms with Crippen molar-refractivity contribution in [3.63, 3.8) is 0 Å². The van der Waals surface area contributed by atoms with E-state index in [4.69, 9.17) is 4.74 Å². The molecule has 6 nitrogen and oxygen atoms in total. The van der Waals surface area contributed by atoms with Crippen molar-refractivity contribution in [1.29, 1.82) is 0 Å². The molecule has 2 saturated heterocycles. The van der Waals surface area contributed by atoms with Crippen LogP contribution in [0.2, 0.25) is 0 Å². The quantitative estimate of drug-likeness (QED) is 0.804. The van der Waals surface area contributed by atoms with Crippen LogP contribution in [0.25, 0.3) is 0 Å². The second kappa shape index (κ2) is 5.92. The van der Waals surface area contributed by atoms with Crippen LogP contribution in [-0.2, 0) is 9.53 Å². The lowest BCUT2D eigenvalue weighted by molar-refractivity contribution is -0.166. The summed E-state index contributed by atoms with van der Waals surface area (Å²) >= 11 is 1.58. The van der Waals surface area contributed by atoms with Crippen LogP contribution in [0.3, 0.4) is 0 Å². The zero-order valence-electron chi connectivity index (χ0n) is 13.4. The fourth-order valence-corrected chi connectivity index (χ4v) is 4.45. The third kappa shape index (κ3) is 3.20. The van der Waals surface area contributed by atoms with Gasteiger partial charge >= 0.3 is 12.1 Å². The van der Waals surface area contributed by atoms with E-state index in [0.29, 0.717) is 18.7 Å². The van der Waals surface area contributed by atoms with Crippen molar-refractivity contribution in [3.8, 4) is 0 Å². The molecule has 0 radical (unpaired) electrons. The van der Waals surface area contributed by atoms with Gasteiger partial charge in [-0.1, -0.05) is 0 Å². The first-order valence-electron chi connectivity index (χ1n) is 7.61. The largest absolute Gasteiger partial charge is 0.481 e. The van der Waals surface area contributed by atoms with Gasteiger partial charge in [-0.05, 0) is 45.8 Å². The molecule has 0 spiro atoms. The van der Waals surface area contributed by atoms with Gasteiger partial charge in [0.05, 0.1) is 5.60 Å². The van der Waals surface area contributed by atoms with Crippen LogP contribution in [0.15, 0.2) is 0 Å². The van der Waals surface area contributed by atoms with Crippen molar-refractivity contribution in [2.75, 3.05) is 24.6 Å². The first-order chi connectivity index (χ1) is 10.1. The summed E-state index contributed by atoms with van der Waals surface area (Å²) in [4.78, 5) is 25.5. The van der Waals surface area contributed by atoms with E-state index in [9.17, 15) is 19.8 Å². The topological polar surface area (TPSA) is 87.1 Å². The molecule has 2 aliphatic rings. The standard InChI is InChI=1S/C15H25NO5S/c1-13(2,3)21-12(19)16-7-6-14(9-16,11(17)18)15(20)5-4-8-22-10-15/h20H,4-10H2,1-3H3,(H,17,18). The molecule has 0 bridgehead atoms. The molecule has 2 heterocycles. The minimum Gasteiger partial charge on any atom is -0.481 e. The van der Waals surface area contributed by atoms with Crippen LogP contribution in [0.4, 0.5) is 4.79 Å². The number of hydrogen-bond donors (Lipinski definition) is 2. The Labute approximate surface area is 135 Å². The molecule has 2 fully saturated rings. The van der Waals surface area contributed by atoms with Gasteiger partial charge in [0.2, 0.25) is 0 Å². The lowest BCUT2D eigenvalue weighted by Gasteiger charge is -2.43. The molecule has 0 aromatic rings. The second-order valence-electron chi connectivity index (χ2n) is 7.23. The Kier molecular flexibility index (Phi) is 4.69. The molecule has 2 atom stereocenters. The van der Waals surface area contributed by atoms with E-state index in [1.54, 1.807) is 32.5 Å². The maximum absolute atomic E-state index is 12.2. The fourth-order valence-electron chi connectivity index (χ4n) is 3.20. The summed E-state index contributed by atoms with van der Waals surface area (Å²) in [6.07, 6.45) is 1.01. The van der Waals surface area contributed by atoms with E-state index in [-0.39, 0.29) is 13.0 Å². The van der Waals surface area contributed by atoms with Gasteiger partial charge in [0.15, 0.2) is 0 Å². The summed E-state index contributed by atoms with van der Waals surface area (Å²) in [5.74, 6) is 0.318. The minimum atomic E-state index is -1.29. The summed E-state index contributed by atoms with van der Waals surface area (Å²) in [5.41, 5.74) is -3.18. The Morgan fingerprint density at radius 1 is 1.27 bits per heavy atom. The highest BCUT2D eigenvalue weighted by Crippen LogP contribution is 2.47. The molecule has 126 valence electrons. The second-order valence-corrected chi connectivity index (χ2v) is 8.33. The normalized spacial score (nSPS) is 32.8. The van der Waals surface area contributed by atoms with Crippen molar-refractivity contribution in [3.05, 3.63) is 0 Å². The molecule has 2 aliphatic heterocycles.